The van der Waals surface area contributed by atoms with Gasteiger partial charge in [-0.1, -0.05) is 27.5 Å². The van der Waals surface area contributed by atoms with Gasteiger partial charge in [-0.2, -0.15) is 5.26 Å². The summed E-state index contributed by atoms with van der Waals surface area (Å²) in [6, 6.07) is 20.1. The van der Waals surface area contributed by atoms with Crippen molar-refractivity contribution in [1.82, 2.24) is 4.57 Å². The lowest BCUT2D eigenvalue weighted by Crippen LogP contribution is -2.13. The molecule has 0 aliphatic heterocycles. The molecule has 0 unspecified atom stereocenters. The number of anilines is 1. The molecule has 3 rings (SSSR count). The molecule has 1 heterocycles. The minimum atomic E-state index is -0.474. The number of aromatic nitrogens is 1. The second-order valence-electron chi connectivity index (χ2n) is 5.41. The Morgan fingerprint density at radius 3 is 2.46 bits per heavy atom. The van der Waals surface area contributed by atoms with Crippen LogP contribution < -0.4 is 5.32 Å². The highest BCUT2D eigenvalue weighted by Gasteiger charge is 2.11. The van der Waals surface area contributed by atoms with Crippen LogP contribution in [-0.4, -0.2) is 10.5 Å². The Hall–Kier alpha value is -2.81. The number of carbonyl (C=O) groups is 1. The van der Waals surface area contributed by atoms with Crippen molar-refractivity contribution < 1.29 is 4.79 Å². The summed E-state index contributed by atoms with van der Waals surface area (Å²) in [7, 11) is 0. The van der Waals surface area contributed by atoms with Gasteiger partial charge >= 0.3 is 0 Å². The van der Waals surface area contributed by atoms with E-state index >= 15 is 0 Å². The van der Waals surface area contributed by atoms with Crippen molar-refractivity contribution in [2.75, 3.05) is 5.32 Å². The molecule has 0 saturated heterocycles. The van der Waals surface area contributed by atoms with Crippen LogP contribution in [0.15, 0.2) is 76.9 Å². The molecule has 1 amide bonds. The number of halogens is 2. The average Bonchev–Trinajstić information content (AvgIpc) is 3.10. The maximum atomic E-state index is 12.4. The molecule has 0 fully saturated rings. The largest absolute Gasteiger partial charge is 0.321 e. The van der Waals surface area contributed by atoms with Crippen LogP contribution in [0.2, 0.25) is 5.02 Å². The lowest BCUT2D eigenvalue weighted by atomic mass is 10.2. The molecule has 0 bridgehead atoms. The highest BCUT2D eigenvalue weighted by atomic mass is 79.9. The highest BCUT2D eigenvalue weighted by Crippen LogP contribution is 2.19. The minimum Gasteiger partial charge on any atom is -0.321 e. The maximum absolute atomic E-state index is 12.4. The Kier molecular flexibility index (Phi) is 5.57. The molecule has 1 N–H and O–H groups in total. The van der Waals surface area contributed by atoms with Gasteiger partial charge < -0.3 is 9.88 Å². The van der Waals surface area contributed by atoms with Crippen molar-refractivity contribution in [3.63, 3.8) is 0 Å². The summed E-state index contributed by atoms with van der Waals surface area (Å²) < 4.78 is 2.88. The lowest BCUT2D eigenvalue weighted by Gasteiger charge is -2.08. The van der Waals surface area contributed by atoms with Crippen LogP contribution in [0.1, 0.15) is 5.69 Å². The molecule has 0 saturated carbocycles. The van der Waals surface area contributed by atoms with E-state index in [1.165, 1.54) is 0 Å². The molecular weight excluding hydrogens is 414 g/mol. The van der Waals surface area contributed by atoms with Gasteiger partial charge in [0.05, 0.1) is 0 Å². The zero-order valence-corrected chi connectivity index (χ0v) is 15.8. The van der Waals surface area contributed by atoms with Crippen LogP contribution in [0.5, 0.6) is 0 Å². The zero-order valence-electron chi connectivity index (χ0n) is 13.5. The quantitative estimate of drug-likeness (QED) is 0.446. The standard InChI is InChI=1S/C20H13BrClN3O/c21-15-3-9-18(10-4-15)25-11-1-2-19(25)12-14(13-23)20(26)24-17-7-5-16(22)6-8-17/h1-12H,(H,24,26). The van der Waals surface area contributed by atoms with Gasteiger partial charge in [-0.15, -0.1) is 0 Å². The smallest absolute Gasteiger partial charge is 0.266 e. The molecule has 2 aromatic carbocycles. The number of nitrogens with zero attached hydrogens (tertiary/aromatic N) is 2. The van der Waals surface area contributed by atoms with Gasteiger partial charge in [0.1, 0.15) is 11.6 Å². The molecule has 4 nitrogen and oxygen atoms in total. The number of hydrogen-bond acceptors (Lipinski definition) is 2. The normalized spacial score (nSPS) is 11.0. The summed E-state index contributed by atoms with van der Waals surface area (Å²) in [5.41, 5.74) is 2.25. The second-order valence-corrected chi connectivity index (χ2v) is 6.76. The van der Waals surface area contributed by atoms with E-state index in [-0.39, 0.29) is 5.57 Å². The summed E-state index contributed by atoms with van der Waals surface area (Å²) in [6.45, 7) is 0. The minimum absolute atomic E-state index is 0.0111. The maximum Gasteiger partial charge on any atom is 0.266 e. The van der Waals surface area contributed by atoms with Gasteiger partial charge in [0.2, 0.25) is 0 Å². The first-order valence-electron chi connectivity index (χ1n) is 7.69. The monoisotopic (exact) mass is 425 g/mol. The second kappa shape index (κ2) is 8.05. The number of amides is 1. The fraction of sp³-hybridized carbons (Fsp3) is 0. The van der Waals surface area contributed by atoms with Crippen LogP contribution in [0, 0.1) is 11.3 Å². The number of carbonyl (C=O) groups excluding carboxylic acids is 1. The molecule has 0 aliphatic rings. The Morgan fingerprint density at radius 2 is 1.81 bits per heavy atom. The highest BCUT2D eigenvalue weighted by molar-refractivity contribution is 9.10. The number of rotatable bonds is 4. The van der Waals surface area contributed by atoms with Gasteiger partial charge in [0.25, 0.3) is 5.91 Å². The molecule has 1 aromatic heterocycles. The third kappa shape index (κ3) is 4.23. The van der Waals surface area contributed by atoms with Crippen molar-refractivity contribution in [2.45, 2.75) is 0 Å². The average molecular weight is 427 g/mol. The van der Waals surface area contributed by atoms with Crippen molar-refractivity contribution >= 4 is 45.2 Å². The zero-order chi connectivity index (χ0) is 18.5. The van der Waals surface area contributed by atoms with Crippen LogP contribution in [-0.2, 0) is 4.79 Å². The van der Waals surface area contributed by atoms with E-state index in [2.05, 4.69) is 21.2 Å². The van der Waals surface area contributed by atoms with Gasteiger partial charge in [0, 0.05) is 32.8 Å². The summed E-state index contributed by atoms with van der Waals surface area (Å²) in [5.74, 6) is -0.474. The first-order valence-corrected chi connectivity index (χ1v) is 8.86. The van der Waals surface area contributed by atoms with Gasteiger partial charge in [0.15, 0.2) is 0 Å². The summed E-state index contributed by atoms with van der Waals surface area (Å²) in [4.78, 5) is 12.4. The molecule has 0 atom stereocenters. The summed E-state index contributed by atoms with van der Waals surface area (Å²) in [6.07, 6.45) is 3.44. The van der Waals surface area contributed by atoms with Crippen LogP contribution in [0.25, 0.3) is 11.8 Å². The molecular formula is C20H13BrClN3O. The number of nitriles is 1. The van der Waals surface area contributed by atoms with E-state index in [1.807, 2.05) is 53.2 Å². The predicted molar refractivity (Wildman–Crippen MR) is 107 cm³/mol. The van der Waals surface area contributed by atoms with Crippen LogP contribution >= 0.6 is 27.5 Å². The molecule has 0 radical (unpaired) electrons. The first kappa shape index (κ1) is 18.0. The SMILES string of the molecule is N#CC(=Cc1cccn1-c1ccc(Br)cc1)C(=O)Nc1ccc(Cl)cc1. The van der Waals surface area contributed by atoms with Gasteiger partial charge in [-0.3, -0.25) is 4.79 Å². The number of benzene rings is 2. The molecule has 26 heavy (non-hydrogen) atoms. The van der Waals surface area contributed by atoms with Gasteiger partial charge in [-0.25, -0.2) is 0 Å². The van der Waals surface area contributed by atoms with Crippen molar-refractivity contribution in [3.05, 3.63) is 87.6 Å². The van der Waals surface area contributed by atoms with E-state index < -0.39 is 5.91 Å². The molecule has 3 aromatic rings. The fourth-order valence-electron chi connectivity index (χ4n) is 2.38. The van der Waals surface area contributed by atoms with Crippen molar-refractivity contribution in [3.8, 4) is 11.8 Å². The van der Waals surface area contributed by atoms with E-state index in [0.29, 0.717) is 10.7 Å². The third-order valence-electron chi connectivity index (χ3n) is 3.64. The molecule has 128 valence electrons. The Balaban J connectivity index is 1.87. The molecule has 0 spiro atoms. The van der Waals surface area contributed by atoms with Gasteiger partial charge in [-0.05, 0) is 66.7 Å². The number of hydrogen-bond donors (Lipinski definition) is 1. The Morgan fingerprint density at radius 1 is 1.12 bits per heavy atom. The lowest BCUT2D eigenvalue weighted by molar-refractivity contribution is -0.112. The van der Waals surface area contributed by atoms with E-state index in [1.54, 1.807) is 30.3 Å². The third-order valence-corrected chi connectivity index (χ3v) is 4.43. The molecule has 0 aliphatic carbocycles. The predicted octanol–water partition coefficient (Wildman–Crippen LogP) is 5.44. The Bertz CT molecular complexity index is 999. The van der Waals surface area contributed by atoms with Crippen LogP contribution in [0.3, 0.4) is 0 Å². The first-order chi connectivity index (χ1) is 12.6. The summed E-state index contributed by atoms with van der Waals surface area (Å²) >= 11 is 9.24. The topological polar surface area (TPSA) is 57.8 Å². The fourth-order valence-corrected chi connectivity index (χ4v) is 2.77. The van der Waals surface area contributed by atoms with E-state index in [9.17, 15) is 10.1 Å². The summed E-state index contributed by atoms with van der Waals surface area (Å²) in [5, 5.41) is 12.7. The molecule has 6 heteroatoms. The van der Waals surface area contributed by atoms with Crippen molar-refractivity contribution in [1.29, 1.82) is 5.26 Å². The number of nitrogens with one attached hydrogen (secondary N) is 1. The van der Waals surface area contributed by atoms with Crippen LogP contribution in [0.4, 0.5) is 5.69 Å². The Labute approximate surface area is 164 Å². The van der Waals surface area contributed by atoms with E-state index in [0.717, 1.165) is 15.9 Å². The van der Waals surface area contributed by atoms with E-state index in [4.69, 9.17) is 11.6 Å². The van der Waals surface area contributed by atoms with Crippen molar-refractivity contribution in [2.24, 2.45) is 0 Å².